The van der Waals surface area contributed by atoms with Crippen LogP contribution in [0.2, 0.25) is 0 Å². The van der Waals surface area contributed by atoms with E-state index in [4.69, 9.17) is 14.0 Å². The zero-order valence-corrected chi connectivity index (χ0v) is 11.7. The van der Waals surface area contributed by atoms with Crippen molar-refractivity contribution in [1.29, 1.82) is 0 Å². The van der Waals surface area contributed by atoms with Crippen molar-refractivity contribution >= 4 is 5.91 Å². The minimum Gasteiger partial charge on any atom is -0.461 e. The SMILES string of the molecule is O=C(c1cc(-c2ccco2)on1)N1CCCC1CCCO. The number of nitrogens with zero attached hydrogens (tertiary/aromatic N) is 2. The fraction of sp³-hybridized carbons (Fsp3) is 0.467. The van der Waals surface area contributed by atoms with Crippen molar-refractivity contribution in [2.24, 2.45) is 0 Å². The Hall–Kier alpha value is -2.08. The van der Waals surface area contributed by atoms with Crippen molar-refractivity contribution in [3.05, 3.63) is 30.2 Å². The molecule has 112 valence electrons. The predicted octanol–water partition coefficient (Wildman–Crippen LogP) is 2.31. The fourth-order valence-electron chi connectivity index (χ4n) is 2.79. The number of carbonyl (C=O) groups excluding carboxylic acids is 1. The molecule has 0 radical (unpaired) electrons. The Balaban J connectivity index is 1.73. The van der Waals surface area contributed by atoms with E-state index in [0.717, 1.165) is 25.8 Å². The van der Waals surface area contributed by atoms with Gasteiger partial charge < -0.3 is 18.9 Å². The molecule has 1 atom stereocenters. The van der Waals surface area contributed by atoms with E-state index in [1.807, 2.05) is 4.90 Å². The molecule has 1 saturated heterocycles. The second kappa shape index (κ2) is 6.13. The largest absolute Gasteiger partial charge is 0.461 e. The maximum Gasteiger partial charge on any atom is 0.276 e. The lowest BCUT2D eigenvalue weighted by Gasteiger charge is -2.23. The summed E-state index contributed by atoms with van der Waals surface area (Å²) in [6.07, 6.45) is 5.06. The smallest absolute Gasteiger partial charge is 0.276 e. The van der Waals surface area contributed by atoms with Gasteiger partial charge in [0.25, 0.3) is 5.91 Å². The molecular formula is C15H18N2O4. The van der Waals surface area contributed by atoms with Gasteiger partial charge in [-0.2, -0.15) is 0 Å². The first-order chi connectivity index (χ1) is 10.3. The maximum absolute atomic E-state index is 12.5. The summed E-state index contributed by atoms with van der Waals surface area (Å²) in [4.78, 5) is 14.3. The Bertz CT molecular complexity index is 591. The van der Waals surface area contributed by atoms with Crippen molar-refractivity contribution in [2.45, 2.75) is 31.7 Å². The summed E-state index contributed by atoms with van der Waals surface area (Å²) in [5, 5.41) is 12.8. The number of furan rings is 1. The average molecular weight is 290 g/mol. The molecule has 2 aromatic heterocycles. The molecule has 1 amide bonds. The van der Waals surface area contributed by atoms with Gasteiger partial charge in [0.1, 0.15) is 0 Å². The lowest BCUT2D eigenvalue weighted by atomic mass is 10.1. The van der Waals surface area contributed by atoms with Crippen molar-refractivity contribution in [3.8, 4) is 11.5 Å². The number of aromatic nitrogens is 1. The number of hydrogen-bond donors (Lipinski definition) is 1. The standard InChI is InChI=1S/C15H18N2O4/c18-8-2-5-11-4-1-7-17(11)15(19)12-10-14(21-16-12)13-6-3-9-20-13/h3,6,9-11,18H,1-2,4-5,7-8H2. The summed E-state index contributed by atoms with van der Waals surface area (Å²) in [5.41, 5.74) is 0.303. The molecule has 3 heterocycles. The summed E-state index contributed by atoms with van der Waals surface area (Å²) >= 11 is 0. The molecule has 0 aliphatic carbocycles. The second-order valence-electron chi connectivity index (χ2n) is 5.21. The van der Waals surface area contributed by atoms with E-state index >= 15 is 0 Å². The van der Waals surface area contributed by atoms with Gasteiger partial charge in [-0.25, -0.2) is 0 Å². The highest BCUT2D eigenvalue weighted by molar-refractivity contribution is 5.93. The van der Waals surface area contributed by atoms with Crippen molar-refractivity contribution in [1.82, 2.24) is 10.1 Å². The Morgan fingerprint density at radius 2 is 2.38 bits per heavy atom. The molecular weight excluding hydrogens is 272 g/mol. The van der Waals surface area contributed by atoms with Crippen LogP contribution in [0, 0.1) is 0 Å². The van der Waals surface area contributed by atoms with Gasteiger partial charge in [0, 0.05) is 25.3 Å². The number of amides is 1. The number of aliphatic hydroxyl groups excluding tert-OH is 1. The third-order valence-electron chi connectivity index (χ3n) is 3.83. The van der Waals surface area contributed by atoms with Crippen molar-refractivity contribution in [2.75, 3.05) is 13.2 Å². The van der Waals surface area contributed by atoms with Gasteiger partial charge in [0.05, 0.1) is 6.26 Å². The van der Waals surface area contributed by atoms with Gasteiger partial charge in [-0.05, 0) is 37.8 Å². The molecule has 0 bridgehead atoms. The molecule has 1 N–H and O–H groups in total. The topological polar surface area (TPSA) is 79.7 Å². The van der Waals surface area contributed by atoms with Crippen LogP contribution < -0.4 is 0 Å². The third kappa shape index (κ3) is 2.85. The Morgan fingerprint density at radius 3 is 3.14 bits per heavy atom. The van der Waals surface area contributed by atoms with Gasteiger partial charge in [0.15, 0.2) is 11.5 Å². The van der Waals surface area contributed by atoms with E-state index in [1.54, 1.807) is 24.5 Å². The molecule has 1 unspecified atom stereocenters. The fourth-order valence-corrected chi connectivity index (χ4v) is 2.79. The van der Waals surface area contributed by atoms with Crippen LogP contribution in [0.5, 0.6) is 0 Å². The number of hydrogen-bond acceptors (Lipinski definition) is 5. The monoisotopic (exact) mass is 290 g/mol. The van der Waals surface area contributed by atoms with Gasteiger partial charge in [-0.15, -0.1) is 0 Å². The van der Waals surface area contributed by atoms with Crippen molar-refractivity contribution in [3.63, 3.8) is 0 Å². The van der Waals surface area contributed by atoms with E-state index in [-0.39, 0.29) is 18.6 Å². The highest BCUT2D eigenvalue weighted by Gasteiger charge is 2.30. The highest BCUT2D eigenvalue weighted by atomic mass is 16.5. The number of aliphatic hydroxyl groups is 1. The molecule has 21 heavy (non-hydrogen) atoms. The molecule has 3 rings (SSSR count). The molecule has 2 aromatic rings. The maximum atomic E-state index is 12.5. The van der Waals surface area contributed by atoms with Crippen LogP contribution >= 0.6 is 0 Å². The minimum atomic E-state index is -0.114. The second-order valence-corrected chi connectivity index (χ2v) is 5.21. The number of rotatable bonds is 5. The van der Waals surface area contributed by atoms with Crippen LogP contribution in [0.15, 0.2) is 33.4 Å². The molecule has 0 aromatic carbocycles. The first kappa shape index (κ1) is 13.9. The molecule has 0 saturated carbocycles. The Morgan fingerprint density at radius 1 is 1.48 bits per heavy atom. The highest BCUT2D eigenvalue weighted by Crippen LogP contribution is 2.25. The number of likely N-dealkylation sites (tertiary alicyclic amines) is 1. The van der Waals surface area contributed by atoms with Crippen LogP contribution in [-0.2, 0) is 0 Å². The Labute approximate surface area is 122 Å². The molecule has 6 heteroatoms. The molecule has 6 nitrogen and oxygen atoms in total. The molecule has 0 spiro atoms. The third-order valence-corrected chi connectivity index (χ3v) is 3.83. The van der Waals surface area contributed by atoms with Crippen molar-refractivity contribution < 1.29 is 18.8 Å². The summed E-state index contributed by atoms with van der Waals surface area (Å²) in [6, 6.07) is 5.32. The van der Waals surface area contributed by atoms with E-state index in [9.17, 15) is 4.79 Å². The van der Waals surface area contributed by atoms with E-state index in [0.29, 0.717) is 23.6 Å². The first-order valence-corrected chi connectivity index (χ1v) is 7.22. The number of carbonyl (C=O) groups is 1. The van der Waals surface area contributed by atoms with Gasteiger partial charge in [0.2, 0.25) is 5.76 Å². The predicted molar refractivity (Wildman–Crippen MR) is 74.6 cm³/mol. The summed E-state index contributed by atoms with van der Waals surface area (Å²) in [7, 11) is 0. The normalized spacial score (nSPS) is 18.3. The Kier molecular flexibility index (Phi) is 4.06. The zero-order chi connectivity index (χ0) is 14.7. The van der Waals surface area contributed by atoms with E-state index < -0.39 is 0 Å². The van der Waals surface area contributed by atoms with Gasteiger partial charge in [-0.1, -0.05) is 5.16 Å². The van der Waals surface area contributed by atoms with Gasteiger partial charge in [-0.3, -0.25) is 4.79 Å². The van der Waals surface area contributed by atoms with E-state index in [2.05, 4.69) is 5.16 Å². The summed E-state index contributed by atoms with van der Waals surface area (Å²) in [5.74, 6) is 0.895. The summed E-state index contributed by atoms with van der Waals surface area (Å²) in [6.45, 7) is 0.892. The molecule has 1 aliphatic heterocycles. The summed E-state index contributed by atoms with van der Waals surface area (Å²) < 4.78 is 10.4. The quantitative estimate of drug-likeness (QED) is 0.914. The van der Waals surface area contributed by atoms with E-state index in [1.165, 1.54) is 0 Å². The average Bonchev–Trinajstić information content (AvgIpc) is 3.24. The van der Waals surface area contributed by atoms with Crippen LogP contribution in [0.3, 0.4) is 0 Å². The van der Waals surface area contributed by atoms with Crippen LogP contribution in [0.1, 0.15) is 36.2 Å². The van der Waals surface area contributed by atoms with Crippen LogP contribution in [0.4, 0.5) is 0 Å². The van der Waals surface area contributed by atoms with Crippen LogP contribution in [0.25, 0.3) is 11.5 Å². The van der Waals surface area contributed by atoms with Gasteiger partial charge >= 0.3 is 0 Å². The molecule has 1 fully saturated rings. The zero-order valence-electron chi connectivity index (χ0n) is 11.7. The lowest BCUT2D eigenvalue weighted by molar-refractivity contribution is 0.0714. The minimum absolute atomic E-state index is 0.114. The van der Waals surface area contributed by atoms with Crippen LogP contribution in [-0.4, -0.2) is 40.3 Å². The lowest BCUT2D eigenvalue weighted by Crippen LogP contribution is -2.35. The molecule has 1 aliphatic rings. The first-order valence-electron chi connectivity index (χ1n) is 7.22.